The van der Waals surface area contributed by atoms with E-state index < -0.39 is 0 Å². The van der Waals surface area contributed by atoms with Gasteiger partial charge in [-0.25, -0.2) is 4.98 Å². The van der Waals surface area contributed by atoms with Crippen molar-refractivity contribution in [3.8, 4) is 0 Å². The van der Waals surface area contributed by atoms with E-state index in [1.54, 1.807) is 23.5 Å². The van der Waals surface area contributed by atoms with Crippen LogP contribution in [0.15, 0.2) is 31.1 Å². The Morgan fingerprint density at radius 1 is 1.17 bits per heavy atom. The van der Waals surface area contributed by atoms with Crippen LogP contribution in [0, 0.1) is 0 Å². The average Bonchev–Trinajstić information content (AvgIpc) is 3.23. The van der Waals surface area contributed by atoms with E-state index in [1.165, 1.54) is 0 Å². The molecule has 3 aromatic heterocycles. The fourth-order valence-corrected chi connectivity index (χ4v) is 3.04. The molecule has 0 aromatic carbocycles. The molecule has 0 spiro atoms. The van der Waals surface area contributed by atoms with E-state index in [1.807, 2.05) is 16.8 Å². The van der Waals surface area contributed by atoms with Gasteiger partial charge in [0, 0.05) is 32.2 Å². The topological polar surface area (TPSA) is 80.3 Å². The fourth-order valence-electron chi connectivity index (χ4n) is 3.04. The minimum Gasteiger partial charge on any atom is -0.350 e. The van der Waals surface area contributed by atoms with Gasteiger partial charge in [-0.1, -0.05) is 0 Å². The predicted octanol–water partition coefficient (Wildman–Crippen LogP) is -0.0735. The molecule has 0 N–H and O–H groups in total. The Hall–Kier alpha value is -2.55. The number of hydrogen-bond acceptors (Lipinski definition) is 7. The van der Waals surface area contributed by atoms with Crippen LogP contribution in [0.4, 0.5) is 5.82 Å². The van der Waals surface area contributed by atoms with Crippen LogP contribution in [-0.4, -0.2) is 71.7 Å². The van der Waals surface area contributed by atoms with Crippen molar-refractivity contribution in [1.29, 1.82) is 0 Å². The molecule has 120 valence electrons. The minimum absolute atomic E-state index is 0.404. The Bertz CT molecular complexity index is 766. The van der Waals surface area contributed by atoms with Gasteiger partial charge in [0.25, 0.3) is 0 Å². The molecule has 1 fully saturated rings. The van der Waals surface area contributed by atoms with Crippen LogP contribution in [0.25, 0.3) is 5.65 Å². The van der Waals surface area contributed by atoms with Gasteiger partial charge in [0.05, 0.1) is 6.54 Å². The highest BCUT2D eigenvalue weighted by Crippen LogP contribution is 2.18. The van der Waals surface area contributed by atoms with Gasteiger partial charge in [-0.05, 0) is 19.1 Å². The third kappa shape index (κ3) is 2.87. The van der Waals surface area contributed by atoms with Gasteiger partial charge in [-0.15, -0.1) is 15.3 Å². The second-order valence-corrected chi connectivity index (χ2v) is 5.83. The van der Waals surface area contributed by atoms with Crippen LogP contribution in [-0.2, 0) is 6.54 Å². The predicted molar refractivity (Wildman–Crippen MR) is 84.1 cm³/mol. The monoisotopic (exact) mass is 313 g/mol. The summed E-state index contributed by atoms with van der Waals surface area (Å²) < 4.78 is 3.59. The van der Waals surface area contributed by atoms with Crippen molar-refractivity contribution in [3.05, 3.63) is 31.1 Å². The quantitative estimate of drug-likeness (QED) is 0.667. The summed E-state index contributed by atoms with van der Waals surface area (Å²) in [5, 5.41) is 16.6. The number of aromatic nitrogens is 7. The highest BCUT2D eigenvalue weighted by molar-refractivity contribution is 5.46. The molecule has 9 nitrogen and oxygen atoms in total. The zero-order valence-corrected chi connectivity index (χ0v) is 13.0. The molecule has 0 amide bonds. The third-order valence-corrected chi connectivity index (χ3v) is 4.27. The lowest BCUT2D eigenvalue weighted by atomic mass is 10.2. The van der Waals surface area contributed by atoms with Crippen LogP contribution < -0.4 is 4.90 Å². The minimum atomic E-state index is 0.404. The van der Waals surface area contributed by atoms with Gasteiger partial charge in [0.1, 0.15) is 24.8 Å². The zero-order valence-electron chi connectivity index (χ0n) is 13.0. The van der Waals surface area contributed by atoms with Gasteiger partial charge in [-0.3, -0.25) is 9.58 Å². The molecule has 4 rings (SSSR count). The highest BCUT2D eigenvalue weighted by Gasteiger charge is 2.24. The molecule has 1 aliphatic heterocycles. The Morgan fingerprint density at radius 3 is 2.96 bits per heavy atom. The van der Waals surface area contributed by atoms with Crippen LogP contribution in [0.5, 0.6) is 0 Å². The molecule has 9 heteroatoms. The summed E-state index contributed by atoms with van der Waals surface area (Å²) in [7, 11) is 0. The van der Waals surface area contributed by atoms with Crippen LogP contribution in [0.1, 0.15) is 6.92 Å². The van der Waals surface area contributed by atoms with Crippen molar-refractivity contribution < 1.29 is 0 Å². The second-order valence-electron chi connectivity index (χ2n) is 5.83. The second kappa shape index (κ2) is 5.92. The van der Waals surface area contributed by atoms with E-state index in [0.29, 0.717) is 6.04 Å². The van der Waals surface area contributed by atoms with Crippen molar-refractivity contribution >= 4 is 11.5 Å². The molecule has 0 saturated carbocycles. The van der Waals surface area contributed by atoms with E-state index in [4.69, 9.17) is 0 Å². The maximum absolute atomic E-state index is 4.60. The summed E-state index contributed by atoms with van der Waals surface area (Å²) in [5.74, 6) is 0.973. The van der Waals surface area contributed by atoms with Gasteiger partial charge in [0.2, 0.25) is 0 Å². The van der Waals surface area contributed by atoms with Crippen LogP contribution in [0.2, 0.25) is 0 Å². The highest BCUT2D eigenvalue weighted by atomic mass is 15.4. The average molecular weight is 313 g/mol. The van der Waals surface area contributed by atoms with Gasteiger partial charge >= 0.3 is 0 Å². The molecule has 0 aliphatic carbocycles. The fraction of sp³-hybridized carbons (Fsp3) is 0.500. The normalized spacial score (nSPS) is 19.5. The molecular weight excluding hydrogens is 294 g/mol. The van der Waals surface area contributed by atoms with Gasteiger partial charge in [-0.2, -0.15) is 9.61 Å². The third-order valence-electron chi connectivity index (χ3n) is 4.27. The summed E-state index contributed by atoms with van der Waals surface area (Å²) in [6.07, 6.45) is 4.98. The van der Waals surface area contributed by atoms with E-state index in [9.17, 15) is 0 Å². The number of hydrogen-bond donors (Lipinski definition) is 0. The number of anilines is 1. The SMILES string of the molecule is CC1CN(CCn2cncn2)CCN1c1ccc2nncn2n1. The number of piperazine rings is 1. The molecule has 1 unspecified atom stereocenters. The molecule has 23 heavy (non-hydrogen) atoms. The lowest BCUT2D eigenvalue weighted by Gasteiger charge is -2.40. The van der Waals surface area contributed by atoms with Crippen LogP contribution in [0.3, 0.4) is 0 Å². The van der Waals surface area contributed by atoms with Gasteiger partial charge < -0.3 is 4.90 Å². The van der Waals surface area contributed by atoms with E-state index in [0.717, 1.165) is 44.2 Å². The summed E-state index contributed by atoms with van der Waals surface area (Å²) in [5.41, 5.74) is 0.771. The molecule has 0 bridgehead atoms. The molecule has 1 atom stereocenters. The maximum Gasteiger partial charge on any atom is 0.177 e. The number of rotatable bonds is 4. The smallest absolute Gasteiger partial charge is 0.177 e. The first-order chi connectivity index (χ1) is 11.3. The standard InChI is InChI=1S/C14H19N9/c1-12-8-20(4-6-21-10-15-9-17-21)5-7-22(12)14-3-2-13-18-16-11-23(13)19-14/h2-3,9-12H,4-8H2,1H3. The van der Waals surface area contributed by atoms with E-state index in [2.05, 4.69) is 42.1 Å². The Labute approximate surface area is 133 Å². The van der Waals surface area contributed by atoms with Crippen molar-refractivity contribution in [2.45, 2.75) is 19.5 Å². The summed E-state index contributed by atoms with van der Waals surface area (Å²) in [6, 6.07) is 4.38. The summed E-state index contributed by atoms with van der Waals surface area (Å²) in [4.78, 5) is 8.77. The molecular formula is C14H19N9. The Balaban J connectivity index is 1.40. The molecule has 1 saturated heterocycles. The maximum atomic E-state index is 4.60. The lowest BCUT2D eigenvalue weighted by molar-refractivity contribution is 0.217. The first-order valence-corrected chi connectivity index (χ1v) is 7.78. The van der Waals surface area contributed by atoms with E-state index in [-0.39, 0.29) is 0 Å². The van der Waals surface area contributed by atoms with Crippen molar-refractivity contribution in [3.63, 3.8) is 0 Å². The largest absolute Gasteiger partial charge is 0.350 e. The molecule has 0 radical (unpaired) electrons. The number of fused-ring (bicyclic) bond motifs is 1. The molecule has 3 aromatic rings. The summed E-state index contributed by atoms with van der Waals surface area (Å²) in [6.45, 7) is 7.08. The van der Waals surface area contributed by atoms with Crippen molar-refractivity contribution in [2.24, 2.45) is 0 Å². The molecule has 4 heterocycles. The summed E-state index contributed by atoms with van der Waals surface area (Å²) >= 11 is 0. The lowest BCUT2D eigenvalue weighted by Crippen LogP contribution is -2.52. The zero-order chi connectivity index (χ0) is 15.6. The van der Waals surface area contributed by atoms with Crippen LogP contribution >= 0.6 is 0 Å². The van der Waals surface area contributed by atoms with E-state index >= 15 is 0 Å². The van der Waals surface area contributed by atoms with Crippen molar-refractivity contribution in [2.75, 3.05) is 31.1 Å². The van der Waals surface area contributed by atoms with Crippen molar-refractivity contribution in [1.82, 2.24) is 39.5 Å². The Morgan fingerprint density at radius 2 is 2.13 bits per heavy atom. The first kappa shape index (κ1) is 14.1. The Kier molecular flexibility index (Phi) is 3.62. The van der Waals surface area contributed by atoms with Gasteiger partial charge in [0.15, 0.2) is 5.65 Å². The first-order valence-electron chi connectivity index (χ1n) is 7.78. The number of nitrogens with zero attached hydrogens (tertiary/aromatic N) is 9. The molecule has 1 aliphatic rings.